The van der Waals surface area contributed by atoms with E-state index in [1.165, 1.54) is 0 Å². The molecule has 0 unspecified atom stereocenters. The van der Waals surface area contributed by atoms with Gasteiger partial charge in [0, 0.05) is 18.5 Å². The largest absolute Gasteiger partial charge is 0.374 e. The number of aromatic nitrogens is 2. The van der Waals surface area contributed by atoms with Gasteiger partial charge in [-0.2, -0.15) is 5.10 Å². The molecule has 0 bridgehead atoms. The van der Waals surface area contributed by atoms with Crippen LogP contribution in [-0.4, -0.2) is 28.8 Å². The molecule has 0 radical (unpaired) electrons. The molecule has 0 aliphatic rings. The first-order valence-electron chi connectivity index (χ1n) is 6.30. The van der Waals surface area contributed by atoms with Crippen LogP contribution < -0.4 is 0 Å². The van der Waals surface area contributed by atoms with Gasteiger partial charge in [0.2, 0.25) is 0 Å². The molecule has 0 saturated heterocycles. The molecule has 2 rings (SSSR count). The number of carbonyl (C=O) groups is 1. The van der Waals surface area contributed by atoms with Crippen LogP contribution in [0.25, 0.3) is 10.9 Å². The maximum atomic E-state index is 11.7. The number of fused-ring (bicyclic) bond motifs is 1. The Morgan fingerprint density at radius 2 is 2.11 bits per heavy atom. The second-order valence-electron chi connectivity index (χ2n) is 4.13. The van der Waals surface area contributed by atoms with Crippen molar-refractivity contribution in [1.82, 2.24) is 9.78 Å². The number of benzene rings is 1. The van der Waals surface area contributed by atoms with Crippen molar-refractivity contribution in [2.24, 2.45) is 0 Å². The monoisotopic (exact) mass is 246 g/mol. The summed E-state index contributed by atoms with van der Waals surface area (Å²) in [6.45, 7) is 5.47. The standard InChI is InChI=1S/C14H18N2O2/c1-3-16-14-8-6-5-7-12(14)13(15-16)9-11(17)10-18-4-2/h5-8H,3-4,9-10H2,1-2H3. The zero-order chi connectivity index (χ0) is 13.0. The summed E-state index contributed by atoms with van der Waals surface area (Å²) in [6, 6.07) is 8.00. The average molecular weight is 246 g/mol. The molecule has 4 nitrogen and oxygen atoms in total. The lowest BCUT2D eigenvalue weighted by Crippen LogP contribution is -2.12. The summed E-state index contributed by atoms with van der Waals surface area (Å²) < 4.78 is 7.06. The predicted molar refractivity (Wildman–Crippen MR) is 70.6 cm³/mol. The van der Waals surface area contributed by atoms with Crippen molar-refractivity contribution >= 4 is 16.7 Å². The highest BCUT2D eigenvalue weighted by molar-refractivity contribution is 5.89. The number of hydrogen-bond acceptors (Lipinski definition) is 3. The van der Waals surface area contributed by atoms with Gasteiger partial charge < -0.3 is 4.74 Å². The first-order chi connectivity index (χ1) is 8.76. The van der Waals surface area contributed by atoms with Crippen molar-refractivity contribution in [3.8, 4) is 0 Å². The summed E-state index contributed by atoms with van der Waals surface area (Å²) >= 11 is 0. The molecule has 1 aromatic heterocycles. The van der Waals surface area contributed by atoms with Crippen molar-refractivity contribution < 1.29 is 9.53 Å². The molecule has 0 fully saturated rings. The van der Waals surface area contributed by atoms with Gasteiger partial charge in [-0.1, -0.05) is 18.2 Å². The van der Waals surface area contributed by atoms with E-state index in [1.807, 2.05) is 42.8 Å². The molecule has 0 N–H and O–H groups in total. The summed E-state index contributed by atoms with van der Waals surface area (Å²) in [5.74, 6) is 0.0726. The summed E-state index contributed by atoms with van der Waals surface area (Å²) in [5.41, 5.74) is 1.93. The molecule has 96 valence electrons. The summed E-state index contributed by atoms with van der Waals surface area (Å²) in [5, 5.41) is 5.56. The molecule has 18 heavy (non-hydrogen) atoms. The molecular formula is C14H18N2O2. The number of hydrogen-bond donors (Lipinski definition) is 0. The third kappa shape index (κ3) is 2.59. The molecule has 1 heterocycles. The fraction of sp³-hybridized carbons (Fsp3) is 0.429. The third-order valence-electron chi connectivity index (χ3n) is 2.87. The lowest BCUT2D eigenvalue weighted by Gasteiger charge is -1.99. The van der Waals surface area contributed by atoms with E-state index >= 15 is 0 Å². The molecule has 0 aliphatic carbocycles. The van der Waals surface area contributed by atoms with Crippen LogP contribution in [0.4, 0.5) is 0 Å². The summed E-state index contributed by atoms with van der Waals surface area (Å²) in [4.78, 5) is 11.7. The SMILES string of the molecule is CCOCC(=O)Cc1nn(CC)c2ccccc12. The Hall–Kier alpha value is -1.68. The van der Waals surface area contributed by atoms with Gasteiger partial charge in [0.1, 0.15) is 6.61 Å². The number of para-hydroxylation sites is 1. The van der Waals surface area contributed by atoms with Crippen LogP contribution in [0.15, 0.2) is 24.3 Å². The summed E-state index contributed by atoms with van der Waals surface area (Å²) in [7, 11) is 0. The zero-order valence-electron chi connectivity index (χ0n) is 10.8. The average Bonchev–Trinajstić information content (AvgIpc) is 2.75. The Morgan fingerprint density at radius 1 is 1.33 bits per heavy atom. The highest BCUT2D eigenvalue weighted by Crippen LogP contribution is 2.18. The van der Waals surface area contributed by atoms with Gasteiger partial charge in [0.05, 0.1) is 17.6 Å². The van der Waals surface area contributed by atoms with E-state index in [4.69, 9.17) is 4.74 Å². The molecule has 0 amide bonds. The highest BCUT2D eigenvalue weighted by atomic mass is 16.5. The minimum absolute atomic E-state index is 0.0726. The van der Waals surface area contributed by atoms with E-state index in [0.29, 0.717) is 13.0 Å². The summed E-state index contributed by atoms with van der Waals surface area (Å²) in [6.07, 6.45) is 0.341. The van der Waals surface area contributed by atoms with E-state index < -0.39 is 0 Å². The number of rotatable bonds is 6. The first-order valence-corrected chi connectivity index (χ1v) is 6.30. The number of Topliss-reactive ketones (excluding diaryl/α,β-unsaturated/α-hetero) is 1. The third-order valence-corrected chi connectivity index (χ3v) is 2.87. The Bertz CT molecular complexity index is 546. The second kappa shape index (κ2) is 5.78. The minimum atomic E-state index is 0.0726. The topological polar surface area (TPSA) is 44.1 Å². The second-order valence-corrected chi connectivity index (χ2v) is 4.13. The van der Waals surface area contributed by atoms with Gasteiger partial charge in [-0.3, -0.25) is 9.48 Å². The Balaban J connectivity index is 2.25. The first kappa shape index (κ1) is 12.8. The van der Waals surface area contributed by atoms with Crippen molar-refractivity contribution in [2.45, 2.75) is 26.8 Å². The quantitative estimate of drug-likeness (QED) is 0.785. The smallest absolute Gasteiger partial charge is 0.164 e. The predicted octanol–water partition coefficient (Wildman–Crippen LogP) is 2.20. The fourth-order valence-corrected chi connectivity index (χ4v) is 2.02. The number of carbonyl (C=O) groups excluding carboxylic acids is 1. The molecular weight excluding hydrogens is 228 g/mol. The molecule has 2 aromatic rings. The van der Waals surface area contributed by atoms with Gasteiger partial charge >= 0.3 is 0 Å². The number of ether oxygens (including phenoxy) is 1. The van der Waals surface area contributed by atoms with Crippen LogP contribution in [-0.2, 0) is 22.5 Å². The van der Waals surface area contributed by atoms with Crippen molar-refractivity contribution in [3.63, 3.8) is 0 Å². The van der Waals surface area contributed by atoms with Crippen molar-refractivity contribution in [3.05, 3.63) is 30.0 Å². The normalized spacial score (nSPS) is 11.0. The van der Waals surface area contributed by atoms with Crippen LogP contribution in [0.5, 0.6) is 0 Å². The van der Waals surface area contributed by atoms with Gasteiger partial charge in [0.25, 0.3) is 0 Å². The van der Waals surface area contributed by atoms with Gasteiger partial charge in [-0.05, 0) is 19.9 Å². The fourth-order valence-electron chi connectivity index (χ4n) is 2.02. The Kier molecular flexibility index (Phi) is 4.10. The van der Waals surface area contributed by atoms with Crippen LogP contribution in [0, 0.1) is 0 Å². The number of nitrogens with zero attached hydrogens (tertiary/aromatic N) is 2. The highest BCUT2D eigenvalue weighted by Gasteiger charge is 2.12. The molecule has 0 spiro atoms. The maximum Gasteiger partial charge on any atom is 0.164 e. The van der Waals surface area contributed by atoms with E-state index in [9.17, 15) is 4.79 Å². The van der Waals surface area contributed by atoms with Crippen LogP contribution in [0.1, 0.15) is 19.5 Å². The van der Waals surface area contributed by atoms with E-state index in [2.05, 4.69) is 5.10 Å². The number of aryl methyl sites for hydroxylation is 1. The molecule has 4 heteroatoms. The molecule has 0 atom stereocenters. The Labute approximate surface area is 107 Å². The van der Waals surface area contributed by atoms with Crippen molar-refractivity contribution in [1.29, 1.82) is 0 Å². The lowest BCUT2D eigenvalue weighted by atomic mass is 10.1. The van der Waals surface area contributed by atoms with E-state index in [1.54, 1.807) is 0 Å². The molecule has 0 saturated carbocycles. The number of ketones is 1. The van der Waals surface area contributed by atoms with E-state index in [-0.39, 0.29) is 12.4 Å². The van der Waals surface area contributed by atoms with Crippen LogP contribution >= 0.6 is 0 Å². The Morgan fingerprint density at radius 3 is 2.83 bits per heavy atom. The van der Waals surface area contributed by atoms with E-state index in [0.717, 1.165) is 23.1 Å². The van der Waals surface area contributed by atoms with Crippen LogP contribution in [0.3, 0.4) is 0 Å². The van der Waals surface area contributed by atoms with Crippen LogP contribution in [0.2, 0.25) is 0 Å². The zero-order valence-corrected chi connectivity index (χ0v) is 10.8. The van der Waals surface area contributed by atoms with Gasteiger partial charge in [0.15, 0.2) is 5.78 Å². The van der Waals surface area contributed by atoms with Gasteiger partial charge in [-0.25, -0.2) is 0 Å². The van der Waals surface area contributed by atoms with Crippen molar-refractivity contribution in [2.75, 3.05) is 13.2 Å². The molecule has 0 aliphatic heterocycles. The molecule has 1 aromatic carbocycles. The maximum absolute atomic E-state index is 11.7. The lowest BCUT2D eigenvalue weighted by molar-refractivity contribution is -0.122. The van der Waals surface area contributed by atoms with Gasteiger partial charge in [-0.15, -0.1) is 0 Å². The minimum Gasteiger partial charge on any atom is -0.374 e.